The highest BCUT2D eigenvalue weighted by Crippen LogP contribution is 2.40. The number of hydrogen-bond acceptors (Lipinski definition) is 6. The van der Waals surface area contributed by atoms with Gasteiger partial charge in [-0.2, -0.15) is 13.2 Å². The second-order valence-corrected chi connectivity index (χ2v) is 9.84. The molecular weight excluding hydrogens is 517 g/mol. The number of benzene rings is 2. The van der Waals surface area contributed by atoms with Gasteiger partial charge in [-0.25, -0.2) is 9.79 Å². The second-order valence-electron chi connectivity index (χ2n) is 8.76. The lowest BCUT2D eigenvalue weighted by Gasteiger charge is -2.12. The van der Waals surface area contributed by atoms with Crippen LogP contribution in [0.15, 0.2) is 64.0 Å². The van der Waals surface area contributed by atoms with Crippen LogP contribution in [0.3, 0.4) is 0 Å². The molecule has 1 aliphatic rings. The van der Waals surface area contributed by atoms with E-state index in [1.165, 1.54) is 23.5 Å². The number of amides is 1. The molecule has 2 aromatic heterocycles. The minimum absolute atomic E-state index is 0.0160. The van der Waals surface area contributed by atoms with Gasteiger partial charge >= 0.3 is 12.1 Å². The normalized spacial score (nSPS) is 13.8. The molecule has 0 spiro atoms. The van der Waals surface area contributed by atoms with Crippen molar-refractivity contribution in [2.24, 2.45) is 4.99 Å². The van der Waals surface area contributed by atoms with Gasteiger partial charge in [0, 0.05) is 16.0 Å². The fraction of sp³-hybridized carbons (Fsp3) is 0.250. The van der Waals surface area contributed by atoms with Crippen molar-refractivity contribution in [3.05, 3.63) is 87.3 Å². The van der Waals surface area contributed by atoms with E-state index in [0.29, 0.717) is 21.5 Å². The molecule has 0 radical (unpaired) electrons. The summed E-state index contributed by atoms with van der Waals surface area (Å²) in [7, 11) is 0. The smallest absolute Gasteiger partial charge is 0.416 e. The lowest BCUT2D eigenvalue weighted by Crippen LogP contribution is -2.22. The Morgan fingerprint density at radius 1 is 1.08 bits per heavy atom. The van der Waals surface area contributed by atoms with Crippen molar-refractivity contribution in [3.8, 4) is 0 Å². The Balaban J connectivity index is 1.64. The van der Waals surface area contributed by atoms with Crippen LogP contribution >= 0.6 is 11.3 Å². The number of carbonyl (C=O) groups is 2. The van der Waals surface area contributed by atoms with Crippen molar-refractivity contribution < 1.29 is 31.9 Å². The average molecular weight is 541 g/mol. The maximum atomic E-state index is 13.3. The van der Waals surface area contributed by atoms with Crippen molar-refractivity contribution in [2.45, 2.75) is 38.8 Å². The van der Waals surface area contributed by atoms with Crippen LogP contribution in [-0.4, -0.2) is 18.5 Å². The van der Waals surface area contributed by atoms with Gasteiger partial charge in [-0.15, -0.1) is 11.3 Å². The fourth-order valence-corrected chi connectivity index (χ4v) is 5.67. The van der Waals surface area contributed by atoms with Crippen molar-refractivity contribution in [2.75, 3.05) is 11.9 Å². The average Bonchev–Trinajstić information content (AvgIpc) is 3.26. The van der Waals surface area contributed by atoms with Crippen LogP contribution < -0.4 is 10.9 Å². The summed E-state index contributed by atoms with van der Waals surface area (Å²) >= 11 is 1.36. The molecule has 0 bridgehead atoms. The molecule has 2 aromatic carbocycles. The Morgan fingerprint density at radius 3 is 2.66 bits per heavy atom. The fourth-order valence-electron chi connectivity index (χ4n) is 4.42. The summed E-state index contributed by atoms with van der Waals surface area (Å²) in [5, 5.41) is 3.51. The minimum Gasteiger partial charge on any atom is -0.462 e. The number of esters is 1. The number of carbonyl (C=O) groups excluding carboxylic acids is 2. The Morgan fingerprint density at radius 2 is 1.87 bits per heavy atom. The number of alkyl halides is 3. The van der Waals surface area contributed by atoms with Gasteiger partial charge in [-0.1, -0.05) is 24.3 Å². The Kier molecular flexibility index (Phi) is 7.07. The molecule has 4 aromatic rings. The van der Waals surface area contributed by atoms with Crippen molar-refractivity contribution >= 4 is 44.9 Å². The molecule has 0 aliphatic heterocycles. The van der Waals surface area contributed by atoms with Gasteiger partial charge in [0.1, 0.15) is 16.1 Å². The summed E-state index contributed by atoms with van der Waals surface area (Å²) in [4.78, 5) is 31.9. The molecule has 5 rings (SSSR count). The van der Waals surface area contributed by atoms with E-state index in [4.69, 9.17) is 9.15 Å². The molecule has 1 amide bonds. The van der Waals surface area contributed by atoms with Crippen LogP contribution in [0.2, 0.25) is 0 Å². The zero-order chi connectivity index (χ0) is 26.9. The third kappa shape index (κ3) is 5.22. The number of fused-ring (bicyclic) bond motifs is 2. The number of aryl methyl sites for hydroxylation is 1. The van der Waals surface area contributed by atoms with E-state index in [9.17, 15) is 22.8 Å². The van der Waals surface area contributed by atoms with E-state index in [2.05, 4.69) is 10.3 Å². The number of hydrogen-bond donors (Lipinski definition) is 1. The number of para-hydroxylation sites is 1. The van der Waals surface area contributed by atoms with Crippen LogP contribution in [0.1, 0.15) is 56.5 Å². The first kappa shape index (κ1) is 25.7. The summed E-state index contributed by atoms with van der Waals surface area (Å²) in [5.41, 5.74) is 0.795. The molecule has 6 nitrogen and oxygen atoms in total. The predicted molar refractivity (Wildman–Crippen MR) is 138 cm³/mol. The van der Waals surface area contributed by atoms with E-state index in [1.54, 1.807) is 37.3 Å². The first-order valence-electron chi connectivity index (χ1n) is 12.1. The third-order valence-electron chi connectivity index (χ3n) is 6.18. The SMILES string of the molecule is CCOC(=O)c1c(/N=c2\oc3ccccc3cc2C(=O)Nc2cccc(C(F)(F)F)c2)sc2c1CCCC2. The molecule has 0 fully saturated rings. The van der Waals surface area contributed by atoms with Gasteiger partial charge in [0.25, 0.3) is 5.91 Å². The lowest BCUT2D eigenvalue weighted by molar-refractivity contribution is -0.137. The number of nitrogens with one attached hydrogen (secondary N) is 1. The van der Waals surface area contributed by atoms with E-state index in [1.807, 2.05) is 0 Å². The molecule has 2 heterocycles. The first-order valence-corrected chi connectivity index (χ1v) is 12.9. The molecule has 196 valence electrons. The monoisotopic (exact) mass is 540 g/mol. The summed E-state index contributed by atoms with van der Waals surface area (Å²) < 4.78 is 50.9. The zero-order valence-electron chi connectivity index (χ0n) is 20.4. The molecule has 10 heteroatoms. The zero-order valence-corrected chi connectivity index (χ0v) is 21.2. The third-order valence-corrected chi connectivity index (χ3v) is 7.37. The van der Waals surface area contributed by atoms with Crippen molar-refractivity contribution in [3.63, 3.8) is 0 Å². The number of halogens is 3. The van der Waals surface area contributed by atoms with Gasteiger partial charge in [-0.3, -0.25) is 4.79 Å². The predicted octanol–water partition coefficient (Wildman–Crippen LogP) is 7.05. The van der Waals surface area contributed by atoms with Crippen LogP contribution in [0.4, 0.5) is 23.9 Å². The number of thiophene rings is 1. The number of ether oxygens (including phenoxy) is 1. The number of rotatable bonds is 5. The highest BCUT2D eigenvalue weighted by Gasteiger charge is 2.31. The molecule has 1 aliphatic carbocycles. The summed E-state index contributed by atoms with van der Waals surface area (Å²) in [5.74, 6) is -1.18. The highest BCUT2D eigenvalue weighted by atomic mass is 32.1. The van der Waals surface area contributed by atoms with Crippen LogP contribution in [-0.2, 0) is 23.8 Å². The van der Waals surface area contributed by atoms with Crippen LogP contribution in [0.25, 0.3) is 11.0 Å². The van der Waals surface area contributed by atoms with E-state index in [0.717, 1.165) is 48.3 Å². The Bertz CT molecular complexity index is 1600. The first-order chi connectivity index (χ1) is 18.2. The molecule has 0 unspecified atom stereocenters. The van der Waals surface area contributed by atoms with Crippen LogP contribution in [0.5, 0.6) is 0 Å². The van der Waals surface area contributed by atoms with Crippen molar-refractivity contribution in [1.82, 2.24) is 0 Å². The van der Waals surface area contributed by atoms with Crippen molar-refractivity contribution in [1.29, 1.82) is 0 Å². The standard InChI is InChI=1S/C28H23F3N2O4S/c1-2-36-27(35)23-19-11-4-6-13-22(19)38-26(23)33-25-20(14-16-8-3-5-12-21(16)37-25)24(34)32-18-10-7-9-17(15-18)28(29,30)31/h3,5,7-10,12,14-15H,2,4,6,11,13H2,1H3,(H,32,34)/b33-25-. The highest BCUT2D eigenvalue weighted by molar-refractivity contribution is 7.16. The number of anilines is 1. The minimum atomic E-state index is -4.55. The van der Waals surface area contributed by atoms with Gasteiger partial charge in [0.2, 0.25) is 5.55 Å². The largest absolute Gasteiger partial charge is 0.462 e. The van der Waals surface area contributed by atoms with Gasteiger partial charge in [-0.05, 0) is 68.5 Å². The molecular formula is C28H23F3N2O4S. The van der Waals surface area contributed by atoms with Gasteiger partial charge in [0.15, 0.2) is 0 Å². The summed E-state index contributed by atoms with van der Waals surface area (Å²) in [6, 6.07) is 13.0. The van der Waals surface area contributed by atoms with E-state index < -0.39 is 23.6 Å². The second kappa shape index (κ2) is 10.4. The molecule has 0 saturated heterocycles. The maximum Gasteiger partial charge on any atom is 0.416 e. The Labute approximate surface area is 219 Å². The molecule has 38 heavy (non-hydrogen) atoms. The lowest BCUT2D eigenvalue weighted by atomic mass is 9.95. The maximum absolute atomic E-state index is 13.3. The molecule has 1 N–H and O–H groups in total. The Hall–Kier alpha value is -3.92. The topological polar surface area (TPSA) is 80.9 Å². The van der Waals surface area contributed by atoms with Gasteiger partial charge in [0.05, 0.1) is 17.7 Å². The van der Waals surface area contributed by atoms with E-state index in [-0.39, 0.29) is 23.4 Å². The quantitative estimate of drug-likeness (QED) is 0.275. The van der Waals surface area contributed by atoms with E-state index >= 15 is 0 Å². The molecule has 0 atom stereocenters. The summed E-state index contributed by atoms with van der Waals surface area (Å²) in [6.45, 7) is 1.93. The van der Waals surface area contributed by atoms with Gasteiger partial charge < -0.3 is 14.5 Å². The van der Waals surface area contributed by atoms with Crippen LogP contribution in [0, 0.1) is 0 Å². The number of nitrogens with zero attached hydrogens (tertiary/aromatic N) is 1. The molecule has 0 saturated carbocycles. The summed E-state index contributed by atoms with van der Waals surface area (Å²) in [6.07, 6.45) is -1.06.